The van der Waals surface area contributed by atoms with Crippen molar-refractivity contribution in [2.75, 3.05) is 13.7 Å². The second-order valence-corrected chi connectivity index (χ2v) is 9.43. The lowest BCUT2D eigenvalue weighted by Gasteiger charge is -2.32. The van der Waals surface area contributed by atoms with Crippen LogP contribution in [-0.4, -0.2) is 47.7 Å². The number of halogens is 1. The monoisotopic (exact) mass is 474 g/mol. The Balaban J connectivity index is 1.47. The van der Waals surface area contributed by atoms with Crippen molar-refractivity contribution in [2.45, 2.75) is 68.9 Å². The molecule has 1 saturated heterocycles. The fraction of sp³-hybridized carbons (Fsp3) is 0.500. The Hall–Kier alpha value is -2.12. The van der Waals surface area contributed by atoms with E-state index in [4.69, 9.17) is 25.8 Å². The van der Waals surface area contributed by atoms with Gasteiger partial charge in [0.15, 0.2) is 0 Å². The molecule has 1 saturated carbocycles. The number of methoxy groups -OCH3 is 1. The molecule has 2 fully saturated rings. The molecule has 6 nitrogen and oxygen atoms in total. The van der Waals surface area contributed by atoms with E-state index in [9.17, 15) is 15.0 Å². The molecule has 1 heterocycles. The SMILES string of the molecule is COC(=O)C1(Oc2ccc(Cc3cc(C4CC(O)CC(CO)O4)ccc3Cl)cc2)CCCC1. The zero-order valence-electron chi connectivity index (χ0n) is 18.8. The largest absolute Gasteiger partial charge is 0.476 e. The maximum atomic E-state index is 12.3. The van der Waals surface area contributed by atoms with Crippen LogP contribution < -0.4 is 4.74 Å². The second-order valence-electron chi connectivity index (χ2n) is 9.02. The molecule has 2 aromatic rings. The molecule has 0 spiro atoms. The predicted molar refractivity (Wildman–Crippen MR) is 124 cm³/mol. The van der Waals surface area contributed by atoms with E-state index in [0.717, 1.165) is 29.5 Å². The average Bonchev–Trinajstić information content (AvgIpc) is 3.30. The molecular formula is C26H31ClO6. The molecule has 3 atom stereocenters. The van der Waals surface area contributed by atoms with Gasteiger partial charge in [0.2, 0.25) is 5.60 Å². The summed E-state index contributed by atoms with van der Waals surface area (Å²) < 4.78 is 17.0. The number of rotatable bonds is 7. The Morgan fingerprint density at radius 3 is 2.55 bits per heavy atom. The Morgan fingerprint density at radius 1 is 1.15 bits per heavy atom. The highest BCUT2D eigenvalue weighted by atomic mass is 35.5. The highest BCUT2D eigenvalue weighted by Crippen LogP contribution is 2.36. The van der Waals surface area contributed by atoms with Crippen molar-refractivity contribution >= 4 is 17.6 Å². The number of aliphatic hydroxyl groups excluding tert-OH is 2. The summed E-state index contributed by atoms with van der Waals surface area (Å²) in [6.45, 7) is -0.111. The van der Waals surface area contributed by atoms with Gasteiger partial charge in [0.1, 0.15) is 5.75 Å². The number of benzene rings is 2. The van der Waals surface area contributed by atoms with Gasteiger partial charge in [-0.15, -0.1) is 0 Å². The van der Waals surface area contributed by atoms with Gasteiger partial charge >= 0.3 is 5.97 Å². The van der Waals surface area contributed by atoms with Gasteiger partial charge in [0.05, 0.1) is 32.0 Å². The van der Waals surface area contributed by atoms with Crippen LogP contribution in [0.3, 0.4) is 0 Å². The van der Waals surface area contributed by atoms with Gasteiger partial charge in [-0.1, -0.05) is 35.9 Å². The molecule has 1 aliphatic carbocycles. The molecule has 3 unspecified atom stereocenters. The predicted octanol–water partition coefficient (Wildman–Crippen LogP) is 4.37. The summed E-state index contributed by atoms with van der Waals surface area (Å²) >= 11 is 6.48. The number of aliphatic hydroxyl groups is 2. The van der Waals surface area contributed by atoms with Gasteiger partial charge in [-0.3, -0.25) is 0 Å². The van der Waals surface area contributed by atoms with Crippen molar-refractivity contribution in [3.05, 3.63) is 64.2 Å². The number of esters is 1. The van der Waals surface area contributed by atoms with Crippen LogP contribution >= 0.6 is 11.6 Å². The first-order valence-corrected chi connectivity index (χ1v) is 11.9. The van der Waals surface area contributed by atoms with Crippen molar-refractivity contribution < 1.29 is 29.2 Å². The van der Waals surface area contributed by atoms with Crippen molar-refractivity contribution in [3.63, 3.8) is 0 Å². The molecule has 2 aliphatic rings. The molecule has 2 N–H and O–H groups in total. The zero-order valence-corrected chi connectivity index (χ0v) is 19.6. The fourth-order valence-electron chi connectivity index (χ4n) is 4.85. The summed E-state index contributed by atoms with van der Waals surface area (Å²) in [6, 6.07) is 13.5. The summed E-state index contributed by atoms with van der Waals surface area (Å²) in [7, 11) is 1.40. The summed E-state index contributed by atoms with van der Waals surface area (Å²) in [5, 5.41) is 20.2. The molecule has 1 aliphatic heterocycles. The summed E-state index contributed by atoms with van der Waals surface area (Å²) in [5.41, 5.74) is 2.06. The molecule has 178 valence electrons. The molecule has 0 aromatic heterocycles. The van der Waals surface area contributed by atoms with Gasteiger partial charge in [-0.25, -0.2) is 4.79 Å². The van der Waals surface area contributed by atoms with Crippen LogP contribution in [0, 0.1) is 0 Å². The first kappa shape index (κ1) is 24.0. The second kappa shape index (κ2) is 10.4. The van der Waals surface area contributed by atoms with Gasteiger partial charge in [0.25, 0.3) is 0 Å². The smallest absolute Gasteiger partial charge is 0.350 e. The van der Waals surface area contributed by atoms with Crippen LogP contribution in [0.15, 0.2) is 42.5 Å². The number of hydrogen-bond acceptors (Lipinski definition) is 6. The summed E-state index contributed by atoms with van der Waals surface area (Å²) in [4.78, 5) is 12.3. The minimum atomic E-state index is -0.884. The van der Waals surface area contributed by atoms with E-state index in [-0.39, 0.29) is 24.8 Å². The van der Waals surface area contributed by atoms with Crippen molar-refractivity contribution in [1.29, 1.82) is 0 Å². The highest BCUT2D eigenvalue weighted by molar-refractivity contribution is 6.31. The van der Waals surface area contributed by atoms with Crippen molar-refractivity contribution in [2.24, 2.45) is 0 Å². The van der Waals surface area contributed by atoms with E-state index in [1.807, 2.05) is 42.5 Å². The number of hydrogen-bond donors (Lipinski definition) is 2. The summed E-state index contributed by atoms with van der Waals surface area (Å²) in [6.07, 6.45) is 3.64. The summed E-state index contributed by atoms with van der Waals surface area (Å²) in [5.74, 6) is 0.330. The maximum Gasteiger partial charge on any atom is 0.350 e. The van der Waals surface area contributed by atoms with E-state index in [2.05, 4.69) is 0 Å². The van der Waals surface area contributed by atoms with E-state index in [0.29, 0.717) is 42.9 Å². The van der Waals surface area contributed by atoms with Crippen LogP contribution in [0.4, 0.5) is 0 Å². The highest BCUT2D eigenvalue weighted by Gasteiger charge is 2.44. The topological polar surface area (TPSA) is 85.2 Å². The molecule has 0 bridgehead atoms. The van der Waals surface area contributed by atoms with Crippen LogP contribution in [-0.2, 0) is 20.7 Å². The number of ether oxygens (including phenoxy) is 3. The van der Waals surface area contributed by atoms with Gasteiger partial charge in [-0.05, 0) is 67.0 Å². The third-order valence-electron chi connectivity index (χ3n) is 6.62. The van der Waals surface area contributed by atoms with Crippen LogP contribution in [0.5, 0.6) is 5.75 Å². The molecule has 0 amide bonds. The minimum Gasteiger partial charge on any atom is -0.476 e. The third kappa shape index (κ3) is 5.52. The third-order valence-corrected chi connectivity index (χ3v) is 6.99. The number of carbonyl (C=O) groups excluding carboxylic acids is 1. The molecule has 0 radical (unpaired) electrons. The Labute approximate surface area is 199 Å². The fourth-order valence-corrected chi connectivity index (χ4v) is 5.04. The Bertz CT molecular complexity index is 954. The quantitative estimate of drug-likeness (QED) is 0.580. The maximum absolute atomic E-state index is 12.3. The average molecular weight is 475 g/mol. The van der Waals surface area contributed by atoms with Crippen molar-refractivity contribution in [3.8, 4) is 5.75 Å². The van der Waals surface area contributed by atoms with E-state index in [1.54, 1.807) is 0 Å². The lowest BCUT2D eigenvalue weighted by atomic mass is 9.94. The van der Waals surface area contributed by atoms with Crippen LogP contribution in [0.2, 0.25) is 5.02 Å². The van der Waals surface area contributed by atoms with Gasteiger partial charge in [-0.2, -0.15) is 0 Å². The van der Waals surface area contributed by atoms with E-state index < -0.39 is 11.7 Å². The van der Waals surface area contributed by atoms with Crippen LogP contribution in [0.25, 0.3) is 0 Å². The minimum absolute atomic E-state index is 0.111. The lowest BCUT2D eigenvalue weighted by Crippen LogP contribution is -2.42. The van der Waals surface area contributed by atoms with E-state index in [1.165, 1.54) is 7.11 Å². The molecule has 4 rings (SSSR count). The zero-order chi connectivity index (χ0) is 23.4. The molecule has 33 heavy (non-hydrogen) atoms. The molecule has 2 aromatic carbocycles. The van der Waals surface area contributed by atoms with Crippen molar-refractivity contribution in [1.82, 2.24) is 0 Å². The van der Waals surface area contributed by atoms with Crippen LogP contribution in [0.1, 0.15) is 61.3 Å². The van der Waals surface area contributed by atoms with Gasteiger partial charge < -0.3 is 24.4 Å². The van der Waals surface area contributed by atoms with Gasteiger partial charge in [0, 0.05) is 17.9 Å². The molecular weight excluding hydrogens is 444 g/mol. The normalized spacial score (nSPS) is 24.4. The van der Waals surface area contributed by atoms with E-state index >= 15 is 0 Å². The first-order chi connectivity index (χ1) is 15.9. The Kier molecular flexibility index (Phi) is 7.59. The number of carbonyl (C=O) groups is 1. The lowest BCUT2D eigenvalue weighted by molar-refractivity contribution is -0.158. The molecule has 7 heteroatoms. The Morgan fingerprint density at radius 2 is 1.88 bits per heavy atom. The standard InChI is InChI=1S/C26H31ClO6/c1-31-25(30)26(10-2-3-11-26)33-21-7-4-17(5-8-21)12-19-13-18(6-9-23(19)27)24-15-20(29)14-22(16-28)32-24/h4-9,13,20,22,24,28-29H,2-3,10-12,14-16H2,1H3. The first-order valence-electron chi connectivity index (χ1n) is 11.5.